The number of hydrogen-bond donors (Lipinski definition) is 0. The summed E-state index contributed by atoms with van der Waals surface area (Å²) in [6.07, 6.45) is 4.16. The van der Waals surface area contributed by atoms with E-state index in [1.807, 2.05) is 17.9 Å². The first kappa shape index (κ1) is 18.6. The number of nitrogens with zero attached hydrogens (tertiary/aromatic N) is 4. The molecule has 3 rings (SSSR count). The quantitative estimate of drug-likeness (QED) is 0.585. The normalized spacial score (nSPS) is 29.1. The van der Waals surface area contributed by atoms with Crippen LogP contribution in [0, 0.1) is 18.8 Å². The monoisotopic (exact) mass is 364 g/mol. The van der Waals surface area contributed by atoms with Crippen molar-refractivity contribution in [2.75, 3.05) is 40.0 Å². The van der Waals surface area contributed by atoms with E-state index in [2.05, 4.69) is 29.0 Å². The van der Waals surface area contributed by atoms with Crippen molar-refractivity contribution < 1.29 is 9.53 Å². The number of ether oxygens (including phenoxy) is 1. The molecule has 1 aliphatic heterocycles. The molecule has 1 aromatic heterocycles. The van der Waals surface area contributed by atoms with Crippen LogP contribution in [-0.4, -0.2) is 77.9 Å². The fourth-order valence-electron chi connectivity index (χ4n) is 4.10. The number of carbonyl (C=O) groups excluding carboxylic acids is 1. The minimum absolute atomic E-state index is 0.194. The van der Waals surface area contributed by atoms with Crippen LogP contribution >= 0.6 is 11.8 Å². The third kappa shape index (κ3) is 4.33. The Balaban J connectivity index is 1.56. The Morgan fingerprint density at radius 1 is 1.36 bits per heavy atom. The summed E-state index contributed by atoms with van der Waals surface area (Å²) in [6, 6.07) is 2.31. The van der Waals surface area contributed by atoms with Crippen molar-refractivity contribution in [3.63, 3.8) is 0 Å². The molecule has 0 radical (unpaired) electrons. The van der Waals surface area contributed by atoms with E-state index in [1.165, 1.54) is 11.8 Å². The molecule has 1 saturated carbocycles. The lowest BCUT2D eigenvalue weighted by Gasteiger charge is -2.40. The van der Waals surface area contributed by atoms with Gasteiger partial charge < -0.3 is 14.5 Å². The van der Waals surface area contributed by atoms with Crippen LogP contribution in [0.4, 0.5) is 0 Å². The van der Waals surface area contributed by atoms with Crippen molar-refractivity contribution in [3.05, 3.63) is 18.0 Å². The second-order valence-corrected chi connectivity index (χ2v) is 8.31. The Labute approximate surface area is 154 Å². The van der Waals surface area contributed by atoms with E-state index in [0.29, 0.717) is 28.8 Å². The number of fused-ring (bicyclic) bond motifs is 1. The Kier molecular flexibility index (Phi) is 5.96. The summed E-state index contributed by atoms with van der Waals surface area (Å²) < 4.78 is 5.72. The van der Waals surface area contributed by atoms with Crippen LogP contribution in [0.1, 0.15) is 18.5 Å². The number of methoxy groups -OCH3 is 1. The summed E-state index contributed by atoms with van der Waals surface area (Å²) in [7, 11) is 6.04. The minimum Gasteiger partial charge on any atom is -0.380 e. The van der Waals surface area contributed by atoms with Gasteiger partial charge in [0.15, 0.2) is 5.16 Å². The number of likely N-dealkylation sites (tertiary alicyclic amines) is 1. The summed E-state index contributed by atoms with van der Waals surface area (Å²) in [6.45, 7) is 3.67. The molecule has 2 aliphatic rings. The summed E-state index contributed by atoms with van der Waals surface area (Å²) in [5.41, 5.74) is 0.928. The van der Waals surface area contributed by atoms with Crippen molar-refractivity contribution in [1.82, 2.24) is 19.8 Å². The van der Waals surface area contributed by atoms with Crippen LogP contribution in [0.2, 0.25) is 0 Å². The molecular formula is C18H28N4O2S. The Bertz CT molecular complexity index is 612. The highest BCUT2D eigenvalue weighted by molar-refractivity contribution is 7.99. The van der Waals surface area contributed by atoms with E-state index < -0.39 is 0 Å². The molecule has 2 fully saturated rings. The average Bonchev–Trinajstić information content (AvgIpc) is 3.01. The third-order valence-electron chi connectivity index (χ3n) is 5.50. The second kappa shape index (κ2) is 8.01. The van der Waals surface area contributed by atoms with Crippen LogP contribution in [0.5, 0.6) is 0 Å². The fraction of sp³-hybridized carbons (Fsp3) is 0.722. The maximum atomic E-state index is 12.6. The van der Waals surface area contributed by atoms with Crippen LogP contribution < -0.4 is 0 Å². The molecule has 7 heteroatoms. The van der Waals surface area contributed by atoms with Gasteiger partial charge in [0, 0.05) is 38.1 Å². The van der Waals surface area contributed by atoms with E-state index in [9.17, 15) is 4.79 Å². The van der Waals surface area contributed by atoms with E-state index >= 15 is 0 Å². The van der Waals surface area contributed by atoms with Crippen LogP contribution in [0.3, 0.4) is 0 Å². The summed E-state index contributed by atoms with van der Waals surface area (Å²) in [5, 5.41) is 0.678. The van der Waals surface area contributed by atoms with Crippen molar-refractivity contribution in [3.8, 4) is 0 Å². The van der Waals surface area contributed by atoms with Crippen molar-refractivity contribution in [2.45, 2.75) is 37.1 Å². The molecule has 2 heterocycles. The highest BCUT2D eigenvalue weighted by atomic mass is 32.2. The van der Waals surface area contributed by atoms with Gasteiger partial charge in [-0.3, -0.25) is 4.79 Å². The van der Waals surface area contributed by atoms with Gasteiger partial charge in [-0.15, -0.1) is 0 Å². The Morgan fingerprint density at radius 2 is 2.08 bits per heavy atom. The lowest BCUT2D eigenvalue weighted by molar-refractivity contribution is -0.127. The van der Waals surface area contributed by atoms with Gasteiger partial charge in [-0.1, -0.05) is 11.8 Å². The standard InChI is InChI=1S/C18H28N4O2S/c1-12-5-6-19-18(20-12)25-11-17(23)22-9-13-7-15(21(2)3)16(24-4)8-14(13)10-22/h5-6,13-16H,7-11H2,1-4H3/t13-,14+,15-,16-/m1/s1. The first-order chi connectivity index (χ1) is 12.0. The van der Waals surface area contributed by atoms with E-state index in [1.54, 1.807) is 13.3 Å². The zero-order chi connectivity index (χ0) is 18.0. The maximum absolute atomic E-state index is 12.6. The number of hydrogen-bond acceptors (Lipinski definition) is 6. The first-order valence-corrected chi connectivity index (χ1v) is 9.86. The molecule has 1 aliphatic carbocycles. The SMILES string of the molecule is CO[C@@H]1C[C@H]2CN(C(=O)CSc3nccc(C)n3)C[C@H]2C[C@H]1N(C)C. The van der Waals surface area contributed by atoms with Gasteiger partial charge in [0.05, 0.1) is 11.9 Å². The molecule has 4 atom stereocenters. The van der Waals surface area contributed by atoms with Gasteiger partial charge in [-0.2, -0.15) is 0 Å². The number of aromatic nitrogens is 2. The van der Waals surface area contributed by atoms with Gasteiger partial charge in [-0.25, -0.2) is 9.97 Å². The van der Waals surface area contributed by atoms with Gasteiger partial charge in [-0.05, 0) is 51.8 Å². The first-order valence-electron chi connectivity index (χ1n) is 8.87. The van der Waals surface area contributed by atoms with Crippen molar-refractivity contribution >= 4 is 17.7 Å². The summed E-state index contributed by atoms with van der Waals surface area (Å²) in [4.78, 5) is 25.5. The molecule has 0 bridgehead atoms. The number of thioether (sulfide) groups is 1. The number of likely N-dealkylation sites (N-methyl/N-ethyl adjacent to an activating group) is 1. The molecule has 25 heavy (non-hydrogen) atoms. The van der Waals surface area contributed by atoms with Gasteiger partial charge in [0.2, 0.25) is 5.91 Å². The van der Waals surface area contributed by atoms with E-state index in [0.717, 1.165) is 31.6 Å². The lowest BCUT2D eigenvalue weighted by Crippen LogP contribution is -2.47. The minimum atomic E-state index is 0.194. The third-order valence-corrected chi connectivity index (χ3v) is 6.35. The fourth-order valence-corrected chi connectivity index (χ4v) is 4.88. The molecule has 6 nitrogen and oxygen atoms in total. The van der Waals surface area contributed by atoms with Crippen LogP contribution in [0.15, 0.2) is 17.4 Å². The summed E-state index contributed by atoms with van der Waals surface area (Å²) in [5.74, 6) is 1.75. The molecule has 0 N–H and O–H groups in total. The van der Waals surface area contributed by atoms with E-state index in [-0.39, 0.29) is 12.0 Å². The number of amides is 1. The number of rotatable bonds is 5. The average molecular weight is 365 g/mol. The highest BCUT2D eigenvalue weighted by Crippen LogP contribution is 2.39. The number of carbonyl (C=O) groups is 1. The molecular weight excluding hydrogens is 336 g/mol. The molecule has 0 spiro atoms. The lowest BCUT2D eigenvalue weighted by atomic mass is 9.77. The van der Waals surface area contributed by atoms with E-state index in [4.69, 9.17) is 4.74 Å². The predicted molar refractivity (Wildman–Crippen MR) is 98.6 cm³/mol. The Hall–Kier alpha value is -1.18. The van der Waals surface area contributed by atoms with Crippen LogP contribution in [-0.2, 0) is 9.53 Å². The van der Waals surface area contributed by atoms with Crippen molar-refractivity contribution in [2.24, 2.45) is 11.8 Å². The summed E-state index contributed by atoms with van der Waals surface area (Å²) >= 11 is 1.43. The zero-order valence-electron chi connectivity index (χ0n) is 15.5. The topological polar surface area (TPSA) is 58.6 Å². The van der Waals surface area contributed by atoms with Crippen LogP contribution in [0.25, 0.3) is 0 Å². The van der Waals surface area contributed by atoms with Gasteiger partial charge in [0.25, 0.3) is 0 Å². The molecule has 1 saturated heterocycles. The molecule has 0 aromatic carbocycles. The zero-order valence-corrected chi connectivity index (χ0v) is 16.3. The Morgan fingerprint density at radius 3 is 2.72 bits per heavy atom. The largest absolute Gasteiger partial charge is 0.380 e. The molecule has 0 unspecified atom stereocenters. The van der Waals surface area contributed by atoms with Gasteiger partial charge >= 0.3 is 0 Å². The van der Waals surface area contributed by atoms with Crippen molar-refractivity contribution in [1.29, 1.82) is 0 Å². The number of aryl methyl sites for hydroxylation is 1. The smallest absolute Gasteiger partial charge is 0.233 e. The highest BCUT2D eigenvalue weighted by Gasteiger charge is 2.44. The second-order valence-electron chi connectivity index (χ2n) is 7.36. The van der Waals surface area contributed by atoms with Gasteiger partial charge in [0.1, 0.15) is 0 Å². The molecule has 138 valence electrons. The molecule has 1 aromatic rings. The maximum Gasteiger partial charge on any atom is 0.233 e. The molecule has 1 amide bonds. The predicted octanol–water partition coefficient (Wildman–Crippen LogP) is 1.69.